The predicted octanol–water partition coefficient (Wildman–Crippen LogP) is 2.99. The number of carbonyl (C=O) groups excluding carboxylic acids is 1. The van der Waals surface area contributed by atoms with E-state index in [4.69, 9.17) is 14.2 Å². The molecule has 6 heteroatoms. The first-order valence-electron chi connectivity index (χ1n) is 9.98. The molecule has 2 aromatic rings. The average molecular weight is 399 g/mol. The standard InChI is InChI=1S/C23H30N2O4/c1-27-20-11-9-19(22(28-2)23(20)29-3)10-12-21(26)25-15-13-24(14-16-25)17-18-7-5-4-6-8-18/h4-9,11H,10,12-17H2,1-3H3. The molecular weight excluding hydrogens is 368 g/mol. The van der Waals surface area contributed by atoms with Crippen LogP contribution >= 0.6 is 0 Å². The second-order valence-corrected chi connectivity index (χ2v) is 7.14. The van der Waals surface area contributed by atoms with Crippen LogP contribution in [-0.2, 0) is 17.8 Å². The first-order valence-corrected chi connectivity index (χ1v) is 9.98. The van der Waals surface area contributed by atoms with E-state index in [1.54, 1.807) is 21.3 Å². The molecule has 0 atom stereocenters. The fourth-order valence-electron chi connectivity index (χ4n) is 3.76. The van der Waals surface area contributed by atoms with Crippen LogP contribution in [0.25, 0.3) is 0 Å². The Balaban J connectivity index is 1.53. The van der Waals surface area contributed by atoms with Gasteiger partial charge in [-0.25, -0.2) is 0 Å². The average Bonchev–Trinajstić information content (AvgIpc) is 2.77. The van der Waals surface area contributed by atoms with Gasteiger partial charge in [0, 0.05) is 39.1 Å². The minimum atomic E-state index is 0.182. The van der Waals surface area contributed by atoms with Crippen molar-refractivity contribution in [3.63, 3.8) is 0 Å². The minimum Gasteiger partial charge on any atom is -0.493 e. The van der Waals surface area contributed by atoms with Gasteiger partial charge < -0.3 is 19.1 Å². The molecule has 3 rings (SSSR count). The van der Waals surface area contributed by atoms with Gasteiger partial charge in [0.1, 0.15) is 0 Å². The largest absolute Gasteiger partial charge is 0.493 e. The number of carbonyl (C=O) groups is 1. The number of amides is 1. The van der Waals surface area contributed by atoms with Crippen LogP contribution in [0, 0.1) is 0 Å². The van der Waals surface area contributed by atoms with Gasteiger partial charge in [-0.2, -0.15) is 0 Å². The van der Waals surface area contributed by atoms with E-state index in [-0.39, 0.29) is 5.91 Å². The van der Waals surface area contributed by atoms with Gasteiger partial charge in [-0.05, 0) is 23.6 Å². The van der Waals surface area contributed by atoms with E-state index < -0.39 is 0 Å². The summed E-state index contributed by atoms with van der Waals surface area (Å²) in [5, 5.41) is 0. The molecule has 0 bridgehead atoms. The summed E-state index contributed by atoms with van der Waals surface area (Å²) in [5.74, 6) is 2.00. The van der Waals surface area contributed by atoms with Crippen molar-refractivity contribution in [2.24, 2.45) is 0 Å². The van der Waals surface area contributed by atoms with Crippen LogP contribution < -0.4 is 14.2 Å². The van der Waals surface area contributed by atoms with Crippen molar-refractivity contribution in [2.75, 3.05) is 47.5 Å². The van der Waals surface area contributed by atoms with E-state index in [1.807, 2.05) is 23.1 Å². The number of hydrogen-bond acceptors (Lipinski definition) is 5. The molecule has 29 heavy (non-hydrogen) atoms. The fraction of sp³-hybridized carbons (Fsp3) is 0.435. The van der Waals surface area contributed by atoms with E-state index in [2.05, 4.69) is 29.2 Å². The zero-order valence-corrected chi connectivity index (χ0v) is 17.5. The van der Waals surface area contributed by atoms with Crippen molar-refractivity contribution in [2.45, 2.75) is 19.4 Å². The fourth-order valence-corrected chi connectivity index (χ4v) is 3.76. The lowest BCUT2D eigenvalue weighted by atomic mass is 10.1. The summed E-state index contributed by atoms with van der Waals surface area (Å²) in [6.07, 6.45) is 1.05. The molecule has 1 amide bonds. The molecule has 1 aliphatic heterocycles. The van der Waals surface area contributed by atoms with E-state index in [0.29, 0.717) is 30.1 Å². The Hall–Kier alpha value is -2.73. The highest BCUT2D eigenvalue weighted by Crippen LogP contribution is 2.40. The maximum atomic E-state index is 12.7. The predicted molar refractivity (Wildman–Crippen MR) is 113 cm³/mol. The molecule has 1 heterocycles. The quantitative estimate of drug-likeness (QED) is 0.684. The molecular formula is C23H30N2O4. The molecule has 0 aliphatic carbocycles. The van der Waals surface area contributed by atoms with Crippen molar-refractivity contribution in [1.82, 2.24) is 9.80 Å². The van der Waals surface area contributed by atoms with E-state index in [9.17, 15) is 4.79 Å². The molecule has 156 valence electrons. The zero-order valence-electron chi connectivity index (χ0n) is 17.5. The summed E-state index contributed by atoms with van der Waals surface area (Å²) < 4.78 is 16.3. The molecule has 0 N–H and O–H groups in total. The van der Waals surface area contributed by atoms with Crippen LogP contribution in [0.15, 0.2) is 42.5 Å². The van der Waals surface area contributed by atoms with Gasteiger partial charge in [-0.15, -0.1) is 0 Å². The van der Waals surface area contributed by atoms with E-state index >= 15 is 0 Å². The number of piperazine rings is 1. The Morgan fingerprint density at radius 3 is 2.17 bits per heavy atom. The van der Waals surface area contributed by atoms with E-state index in [1.165, 1.54) is 5.56 Å². The molecule has 0 aromatic heterocycles. The number of aryl methyl sites for hydroxylation is 1. The SMILES string of the molecule is COc1ccc(CCC(=O)N2CCN(Cc3ccccc3)CC2)c(OC)c1OC. The summed E-state index contributed by atoms with van der Waals surface area (Å²) in [6, 6.07) is 14.2. The van der Waals surface area contributed by atoms with Crippen molar-refractivity contribution in [1.29, 1.82) is 0 Å². The Morgan fingerprint density at radius 2 is 1.55 bits per heavy atom. The molecule has 1 aliphatic rings. The highest BCUT2D eigenvalue weighted by atomic mass is 16.5. The monoisotopic (exact) mass is 398 g/mol. The van der Waals surface area contributed by atoms with Gasteiger partial charge in [0.05, 0.1) is 21.3 Å². The van der Waals surface area contributed by atoms with Gasteiger partial charge in [0.15, 0.2) is 11.5 Å². The van der Waals surface area contributed by atoms with Gasteiger partial charge in [-0.3, -0.25) is 9.69 Å². The first kappa shape index (κ1) is 21.0. The van der Waals surface area contributed by atoms with Crippen molar-refractivity contribution < 1.29 is 19.0 Å². The second-order valence-electron chi connectivity index (χ2n) is 7.14. The maximum Gasteiger partial charge on any atom is 0.222 e. The minimum absolute atomic E-state index is 0.182. The van der Waals surface area contributed by atoms with Crippen LogP contribution in [-0.4, -0.2) is 63.2 Å². The lowest BCUT2D eigenvalue weighted by Crippen LogP contribution is -2.48. The number of methoxy groups -OCH3 is 3. The summed E-state index contributed by atoms with van der Waals surface area (Å²) in [5.41, 5.74) is 2.26. The lowest BCUT2D eigenvalue weighted by Gasteiger charge is -2.35. The third-order valence-corrected chi connectivity index (χ3v) is 5.37. The molecule has 2 aromatic carbocycles. The molecule has 1 saturated heterocycles. The lowest BCUT2D eigenvalue weighted by molar-refractivity contribution is -0.133. The molecule has 0 unspecified atom stereocenters. The third kappa shape index (κ3) is 5.21. The Morgan fingerprint density at radius 1 is 0.862 bits per heavy atom. The van der Waals surface area contributed by atoms with Gasteiger partial charge in [-0.1, -0.05) is 36.4 Å². The Bertz CT molecular complexity index is 802. The second kappa shape index (κ2) is 10.2. The van der Waals surface area contributed by atoms with E-state index in [0.717, 1.165) is 38.3 Å². The number of nitrogens with zero attached hydrogens (tertiary/aromatic N) is 2. The van der Waals surface area contributed by atoms with Crippen LogP contribution in [0.4, 0.5) is 0 Å². The number of hydrogen-bond donors (Lipinski definition) is 0. The molecule has 0 radical (unpaired) electrons. The first-order chi connectivity index (χ1) is 14.2. The van der Waals surface area contributed by atoms with Gasteiger partial charge in [0.2, 0.25) is 11.7 Å². The highest BCUT2D eigenvalue weighted by molar-refractivity contribution is 5.76. The van der Waals surface area contributed by atoms with Gasteiger partial charge in [0.25, 0.3) is 0 Å². The van der Waals surface area contributed by atoms with Crippen molar-refractivity contribution in [3.8, 4) is 17.2 Å². The van der Waals surface area contributed by atoms with Crippen molar-refractivity contribution >= 4 is 5.91 Å². The Labute approximate surface area is 173 Å². The van der Waals surface area contributed by atoms with Crippen LogP contribution in [0.2, 0.25) is 0 Å². The van der Waals surface area contributed by atoms with Gasteiger partial charge >= 0.3 is 0 Å². The number of rotatable bonds is 8. The van der Waals surface area contributed by atoms with Crippen molar-refractivity contribution in [3.05, 3.63) is 53.6 Å². The summed E-state index contributed by atoms with van der Waals surface area (Å²) in [7, 11) is 4.79. The molecule has 1 fully saturated rings. The number of ether oxygens (including phenoxy) is 3. The maximum absolute atomic E-state index is 12.7. The van der Waals surface area contributed by atoms with Crippen LogP contribution in [0.5, 0.6) is 17.2 Å². The molecule has 6 nitrogen and oxygen atoms in total. The topological polar surface area (TPSA) is 51.2 Å². The highest BCUT2D eigenvalue weighted by Gasteiger charge is 2.22. The van der Waals surface area contributed by atoms with Crippen LogP contribution in [0.1, 0.15) is 17.5 Å². The summed E-state index contributed by atoms with van der Waals surface area (Å²) in [4.78, 5) is 17.1. The molecule has 0 spiro atoms. The summed E-state index contributed by atoms with van der Waals surface area (Å²) in [6.45, 7) is 4.29. The van der Waals surface area contributed by atoms with Crippen LogP contribution in [0.3, 0.4) is 0 Å². The summed E-state index contributed by atoms with van der Waals surface area (Å²) >= 11 is 0. The normalized spacial score (nSPS) is 14.5. The third-order valence-electron chi connectivity index (χ3n) is 5.37. The Kier molecular flexibility index (Phi) is 7.36. The number of benzene rings is 2. The zero-order chi connectivity index (χ0) is 20.6. The molecule has 0 saturated carbocycles. The smallest absolute Gasteiger partial charge is 0.222 e.